The van der Waals surface area contributed by atoms with Crippen LogP contribution < -0.4 is 10.5 Å². The van der Waals surface area contributed by atoms with Crippen LogP contribution in [0.3, 0.4) is 0 Å². The zero-order valence-corrected chi connectivity index (χ0v) is 15.0. The molecule has 1 amide bonds. The first-order valence-electron chi connectivity index (χ1n) is 7.55. The Labute approximate surface area is 153 Å². The van der Waals surface area contributed by atoms with Gasteiger partial charge in [0.2, 0.25) is 10.0 Å². The van der Waals surface area contributed by atoms with Crippen LogP contribution in [0.4, 0.5) is 4.39 Å². The Bertz CT molecular complexity index is 1130. The number of aromatic amines is 2. The number of H-pyrrole nitrogens is 2. The molecule has 1 heterocycles. The van der Waals surface area contributed by atoms with Crippen LogP contribution in [-0.2, 0) is 16.4 Å². The molecule has 3 aromatic rings. The van der Waals surface area contributed by atoms with Crippen LogP contribution in [0.25, 0.3) is 11.0 Å². The largest absolute Gasteiger partial charge is 0.352 e. The van der Waals surface area contributed by atoms with Crippen LogP contribution in [0.5, 0.6) is 0 Å². The second kappa shape index (κ2) is 6.98. The van der Waals surface area contributed by atoms with Crippen molar-refractivity contribution in [3.05, 3.63) is 58.1 Å². The van der Waals surface area contributed by atoms with E-state index in [4.69, 9.17) is 17.4 Å². The van der Waals surface area contributed by atoms with Gasteiger partial charge in [0.25, 0.3) is 5.91 Å². The third-order valence-electron chi connectivity index (χ3n) is 3.79. The number of hydrogen-bond acceptors (Lipinski definition) is 4. The van der Waals surface area contributed by atoms with Gasteiger partial charge in [-0.1, -0.05) is 12.1 Å². The number of carbonyl (C=O) groups is 1. The van der Waals surface area contributed by atoms with E-state index >= 15 is 0 Å². The van der Waals surface area contributed by atoms with Gasteiger partial charge in [-0.05, 0) is 48.5 Å². The summed E-state index contributed by atoms with van der Waals surface area (Å²) < 4.78 is 36.4. The zero-order chi connectivity index (χ0) is 18.9. The number of imidazole rings is 1. The van der Waals surface area contributed by atoms with Gasteiger partial charge in [-0.3, -0.25) is 4.79 Å². The second-order valence-electron chi connectivity index (χ2n) is 5.65. The molecule has 5 N–H and O–H groups in total. The van der Waals surface area contributed by atoms with E-state index < -0.39 is 21.7 Å². The van der Waals surface area contributed by atoms with Crippen molar-refractivity contribution in [3.63, 3.8) is 0 Å². The van der Waals surface area contributed by atoms with E-state index in [2.05, 4.69) is 15.3 Å². The first-order valence-corrected chi connectivity index (χ1v) is 9.51. The minimum absolute atomic E-state index is 0.0233. The van der Waals surface area contributed by atoms with Gasteiger partial charge in [0, 0.05) is 6.54 Å². The summed E-state index contributed by atoms with van der Waals surface area (Å²) in [6, 6.07) is 8.44. The van der Waals surface area contributed by atoms with Crippen LogP contribution in [0, 0.1) is 10.6 Å². The number of carbonyl (C=O) groups excluding carboxylic acids is 1. The molecule has 10 heteroatoms. The lowest BCUT2D eigenvalue weighted by Gasteiger charge is -2.07. The maximum absolute atomic E-state index is 13.7. The summed E-state index contributed by atoms with van der Waals surface area (Å²) in [5.74, 6) is -0.993. The summed E-state index contributed by atoms with van der Waals surface area (Å²) in [5, 5.41) is 7.75. The van der Waals surface area contributed by atoms with Crippen molar-refractivity contribution in [2.75, 3.05) is 6.54 Å². The lowest BCUT2D eigenvalue weighted by atomic mass is 10.1. The number of sulfonamides is 1. The molecule has 0 radical (unpaired) electrons. The number of rotatable bonds is 5. The molecule has 26 heavy (non-hydrogen) atoms. The van der Waals surface area contributed by atoms with Crippen LogP contribution >= 0.6 is 12.2 Å². The molecule has 0 fully saturated rings. The standard InChI is InChI=1S/C16H15FN4O3S2/c17-10-7-12(14-13(8-10)20-16(25)21-14)15(22)19-6-5-9-1-3-11(4-2-9)26(18,23)24/h1-4,7-8H,5-6H2,(H,19,22)(H2,18,23,24)(H2,20,21,25). The number of aromatic nitrogens is 2. The van der Waals surface area contributed by atoms with Gasteiger partial charge < -0.3 is 15.3 Å². The Balaban J connectivity index is 1.69. The number of primary sulfonamides is 1. The molecule has 0 atom stereocenters. The molecule has 0 saturated carbocycles. The number of benzene rings is 2. The average molecular weight is 394 g/mol. The summed E-state index contributed by atoms with van der Waals surface area (Å²) in [5.41, 5.74) is 1.82. The molecule has 0 aliphatic rings. The van der Waals surface area contributed by atoms with E-state index in [0.29, 0.717) is 22.2 Å². The minimum atomic E-state index is -3.73. The maximum Gasteiger partial charge on any atom is 0.253 e. The normalized spacial score (nSPS) is 11.6. The quantitative estimate of drug-likeness (QED) is 0.495. The van der Waals surface area contributed by atoms with Crippen LogP contribution in [0.2, 0.25) is 0 Å². The molecule has 136 valence electrons. The van der Waals surface area contributed by atoms with Gasteiger partial charge in [0.15, 0.2) is 4.77 Å². The SMILES string of the molecule is NS(=O)(=O)c1ccc(CCNC(=O)c2cc(F)cc3[nH]c(=S)[nH]c23)cc1. The monoisotopic (exact) mass is 394 g/mol. The molecule has 3 rings (SSSR count). The summed E-state index contributed by atoms with van der Waals surface area (Å²) in [4.78, 5) is 18.0. The summed E-state index contributed by atoms with van der Waals surface area (Å²) in [7, 11) is -3.73. The first-order chi connectivity index (χ1) is 12.2. The van der Waals surface area contributed by atoms with Gasteiger partial charge in [-0.15, -0.1) is 0 Å². The van der Waals surface area contributed by atoms with Crippen molar-refractivity contribution in [2.24, 2.45) is 5.14 Å². The molecule has 1 aromatic heterocycles. The smallest absolute Gasteiger partial charge is 0.253 e. The van der Waals surface area contributed by atoms with Crippen LogP contribution in [0.15, 0.2) is 41.3 Å². The van der Waals surface area contributed by atoms with Crippen molar-refractivity contribution in [1.82, 2.24) is 15.3 Å². The predicted molar refractivity (Wildman–Crippen MR) is 97.3 cm³/mol. The third-order valence-corrected chi connectivity index (χ3v) is 4.92. The molecule has 0 unspecified atom stereocenters. The molecule has 7 nitrogen and oxygen atoms in total. The summed E-state index contributed by atoms with van der Waals surface area (Å²) in [6.45, 7) is 0.288. The van der Waals surface area contributed by atoms with Gasteiger partial charge in [-0.25, -0.2) is 17.9 Å². The highest BCUT2D eigenvalue weighted by Gasteiger charge is 2.14. The number of amides is 1. The Morgan fingerprint density at radius 3 is 2.54 bits per heavy atom. The van der Waals surface area contributed by atoms with E-state index in [9.17, 15) is 17.6 Å². The molecule has 0 saturated heterocycles. The summed E-state index contributed by atoms with van der Waals surface area (Å²) >= 11 is 4.97. The van der Waals surface area contributed by atoms with Crippen molar-refractivity contribution in [2.45, 2.75) is 11.3 Å². The molecule has 0 aliphatic heterocycles. The van der Waals surface area contributed by atoms with E-state index in [-0.39, 0.29) is 17.0 Å². The Morgan fingerprint density at radius 2 is 1.88 bits per heavy atom. The second-order valence-corrected chi connectivity index (χ2v) is 7.62. The summed E-state index contributed by atoms with van der Waals surface area (Å²) in [6.07, 6.45) is 0.470. The molecule has 0 spiro atoms. The lowest BCUT2D eigenvalue weighted by Crippen LogP contribution is -2.26. The molecule has 0 bridgehead atoms. The lowest BCUT2D eigenvalue weighted by molar-refractivity contribution is 0.0955. The van der Waals surface area contributed by atoms with Crippen molar-refractivity contribution >= 4 is 39.2 Å². The first kappa shape index (κ1) is 18.2. The maximum atomic E-state index is 13.7. The number of hydrogen-bond donors (Lipinski definition) is 4. The topological polar surface area (TPSA) is 121 Å². The predicted octanol–water partition coefficient (Wildman–Crippen LogP) is 1.98. The number of fused-ring (bicyclic) bond motifs is 1. The van der Waals surface area contributed by atoms with Gasteiger partial charge in [-0.2, -0.15) is 0 Å². The Hall–Kier alpha value is -2.56. The van der Waals surface area contributed by atoms with Crippen LogP contribution in [0.1, 0.15) is 15.9 Å². The van der Waals surface area contributed by atoms with Crippen molar-refractivity contribution < 1.29 is 17.6 Å². The van der Waals surface area contributed by atoms with E-state index in [1.54, 1.807) is 12.1 Å². The molecular weight excluding hydrogens is 379 g/mol. The average Bonchev–Trinajstić information content (AvgIpc) is 2.93. The van der Waals surface area contributed by atoms with Gasteiger partial charge in [0.1, 0.15) is 5.82 Å². The zero-order valence-electron chi connectivity index (χ0n) is 13.4. The van der Waals surface area contributed by atoms with Gasteiger partial charge in [0.05, 0.1) is 21.5 Å². The highest BCUT2D eigenvalue weighted by atomic mass is 32.2. The van der Waals surface area contributed by atoms with Gasteiger partial charge >= 0.3 is 0 Å². The highest BCUT2D eigenvalue weighted by Crippen LogP contribution is 2.18. The number of nitrogens with one attached hydrogen (secondary N) is 3. The molecule has 0 aliphatic carbocycles. The number of halogens is 1. The Morgan fingerprint density at radius 1 is 1.19 bits per heavy atom. The van der Waals surface area contributed by atoms with E-state index in [1.807, 2.05) is 0 Å². The van der Waals surface area contributed by atoms with Crippen LogP contribution in [-0.4, -0.2) is 30.8 Å². The Kier molecular flexibility index (Phi) is 4.90. The van der Waals surface area contributed by atoms with Crippen molar-refractivity contribution in [1.29, 1.82) is 0 Å². The number of nitrogens with two attached hydrogens (primary N) is 1. The van der Waals surface area contributed by atoms with Crippen molar-refractivity contribution in [3.8, 4) is 0 Å². The van der Waals surface area contributed by atoms with E-state index in [0.717, 1.165) is 11.6 Å². The minimum Gasteiger partial charge on any atom is -0.352 e. The third kappa shape index (κ3) is 3.98. The fraction of sp³-hybridized carbons (Fsp3) is 0.125. The highest BCUT2D eigenvalue weighted by molar-refractivity contribution is 7.89. The molecular formula is C16H15FN4O3S2. The fourth-order valence-electron chi connectivity index (χ4n) is 2.55. The fourth-order valence-corrected chi connectivity index (χ4v) is 3.28. The van der Waals surface area contributed by atoms with E-state index in [1.165, 1.54) is 18.2 Å². The molecule has 2 aromatic carbocycles.